The second kappa shape index (κ2) is 6.31. The van der Waals surface area contributed by atoms with E-state index < -0.39 is 12.3 Å². The Labute approximate surface area is 117 Å². The molecule has 1 aromatic rings. The van der Waals surface area contributed by atoms with Crippen molar-refractivity contribution < 1.29 is 24.4 Å². The maximum absolute atomic E-state index is 13.8. The Balaban J connectivity index is 2.01. The predicted octanol–water partition coefficient (Wildman–Crippen LogP) is 2.61. The highest BCUT2D eigenvalue weighted by Gasteiger charge is 2.42. The number of aliphatic hydroxyl groups is 1. The molecule has 1 aliphatic rings. The fourth-order valence-electron chi connectivity index (χ4n) is 2.94. The van der Waals surface area contributed by atoms with Crippen molar-refractivity contribution in [3.05, 3.63) is 18.2 Å². The molecule has 1 aromatic carbocycles. The highest BCUT2D eigenvalue weighted by Crippen LogP contribution is 2.38. The summed E-state index contributed by atoms with van der Waals surface area (Å²) in [6.45, 7) is 2.16. The Hall–Kier alpha value is -1.49. The minimum atomic E-state index is -0.990. The molecule has 20 heavy (non-hydrogen) atoms. The van der Waals surface area contributed by atoms with Gasteiger partial charge < -0.3 is 20.1 Å². The van der Waals surface area contributed by atoms with Crippen molar-refractivity contribution in [3.8, 4) is 17.2 Å². The highest BCUT2D eigenvalue weighted by molar-refractivity contribution is 5.40. The van der Waals surface area contributed by atoms with E-state index in [1.165, 1.54) is 18.2 Å². The first-order valence-electron chi connectivity index (χ1n) is 6.99. The molecule has 0 aliphatic heterocycles. The molecule has 112 valence electrons. The molecule has 0 spiro atoms. The van der Waals surface area contributed by atoms with Gasteiger partial charge in [0, 0.05) is 30.5 Å². The fourth-order valence-corrected chi connectivity index (χ4v) is 2.94. The summed E-state index contributed by atoms with van der Waals surface area (Å²) in [5.74, 6) is -0.330. The number of aromatic hydroxyl groups is 2. The minimum absolute atomic E-state index is 0.0968. The molecule has 0 bridgehead atoms. The van der Waals surface area contributed by atoms with Crippen molar-refractivity contribution in [3.63, 3.8) is 0 Å². The van der Waals surface area contributed by atoms with Crippen LogP contribution in [-0.4, -0.2) is 34.2 Å². The number of rotatable bonds is 5. The van der Waals surface area contributed by atoms with Gasteiger partial charge in [-0.05, 0) is 12.3 Å². The number of hydrogen-bond acceptors (Lipinski definition) is 4. The van der Waals surface area contributed by atoms with E-state index in [-0.39, 0.29) is 36.4 Å². The molecule has 4 nitrogen and oxygen atoms in total. The summed E-state index contributed by atoms with van der Waals surface area (Å²) in [6.07, 6.45) is 0.0477. The number of benzene rings is 1. The van der Waals surface area contributed by atoms with E-state index in [2.05, 4.69) is 0 Å². The monoisotopic (exact) mass is 284 g/mol. The summed E-state index contributed by atoms with van der Waals surface area (Å²) < 4.78 is 19.3. The van der Waals surface area contributed by atoms with Crippen LogP contribution in [0.2, 0.25) is 0 Å². The Morgan fingerprint density at radius 3 is 2.45 bits per heavy atom. The van der Waals surface area contributed by atoms with Crippen LogP contribution in [0, 0.1) is 11.8 Å². The van der Waals surface area contributed by atoms with Crippen LogP contribution in [0.15, 0.2) is 18.2 Å². The van der Waals surface area contributed by atoms with E-state index in [1.54, 1.807) is 0 Å². The van der Waals surface area contributed by atoms with Gasteiger partial charge in [0.25, 0.3) is 0 Å². The first-order chi connectivity index (χ1) is 9.51. The third kappa shape index (κ3) is 3.33. The molecule has 1 fully saturated rings. The quantitative estimate of drug-likeness (QED) is 0.777. The highest BCUT2D eigenvalue weighted by atomic mass is 19.1. The van der Waals surface area contributed by atoms with Gasteiger partial charge in [0.15, 0.2) is 0 Å². The smallest absolute Gasteiger partial charge is 0.126 e. The number of alkyl halides is 1. The summed E-state index contributed by atoms with van der Waals surface area (Å²) in [7, 11) is 0. The predicted molar refractivity (Wildman–Crippen MR) is 72.7 cm³/mol. The topological polar surface area (TPSA) is 69.9 Å². The number of phenolic OH excluding ortho intramolecular Hbond substituents is 2. The molecule has 3 N–H and O–H groups in total. The van der Waals surface area contributed by atoms with Crippen LogP contribution in [0.1, 0.15) is 26.2 Å². The number of halogens is 1. The van der Waals surface area contributed by atoms with Crippen molar-refractivity contribution in [2.24, 2.45) is 11.8 Å². The van der Waals surface area contributed by atoms with Crippen LogP contribution < -0.4 is 4.74 Å². The van der Waals surface area contributed by atoms with Crippen LogP contribution in [0.5, 0.6) is 17.2 Å². The minimum Gasteiger partial charge on any atom is -0.508 e. The van der Waals surface area contributed by atoms with E-state index in [9.17, 15) is 19.7 Å². The Kier molecular flexibility index (Phi) is 4.70. The Morgan fingerprint density at radius 2 is 1.85 bits per heavy atom. The zero-order valence-corrected chi connectivity index (χ0v) is 11.5. The molecule has 1 aliphatic carbocycles. The summed E-state index contributed by atoms with van der Waals surface area (Å²) in [5.41, 5.74) is 0. The maximum atomic E-state index is 13.8. The number of aliphatic hydroxyl groups excluding tert-OH is 1. The van der Waals surface area contributed by atoms with Crippen molar-refractivity contribution >= 4 is 0 Å². The number of hydrogen-bond donors (Lipinski definition) is 3. The molecule has 0 amide bonds. The lowest BCUT2D eigenvalue weighted by molar-refractivity contribution is 0.0767. The molecular weight excluding hydrogens is 263 g/mol. The maximum Gasteiger partial charge on any atom is 0.126 e. The zero-order chi connectivity index (χ0) is 14.7. The third-order valence-corrected chi connectivity index (χ3v) is 3.92. The van der Waals surface area contributed by atoms with Crippen LogP contribution in [-0.2, 0) is 0 Å². The van der Waals surface area contributed by atoms with Crippen molar-refractivity contribution in [2.45, 2.75) is 38.5 Å². The molecule has 0 unspecified atom stereocenters. The summed E-state index contributed by atoms with van der Waals surface area (Å²) in [4.78, 5) is 0. The van der Waals surface area contributed by atoms with Gasteiger partial charge in [0.1, 0.15) is 23.4 Å². The fraction of sp³-hybridized carbons (Fsp3) is 0.600. The Morgan fingerprint density at radius 1 is 1.20 bits per heavy atom. The van der Waals surface area contributed by atoms with Gasteiger partial charge >= 0.3 is 0 Å². The summed E-state index contributed by atoms with van der Waals surface area (Å²) >= 11 is 0. The van der Waals surface area contributed by atoms with Crippen LogP contribution >= 0.6 is 0 Å². The molecule has 1 saturated carbocycles. The lowest BCUT2D eigenvalue weighted by Crippen LogP contribution is -2.27. The van der Waals surface area contributed by atoms with Crippen LogP contribution in [0.3, 0.4) is 0 Å². The molecule has 5 heteroatoms. The zero-order valence-electron chi connectivity index (χ0n) is 11.5. The molecule has 0 saturated heterocycles. The second-order valence-corrected chi connectivity index (χ2v) is 5.43. The van der Waals surface area contributed by atoms with Gasteiger partial charge in [0.2, 0.25) is 0 Å². The van der Waals surface area contributed by atoms with E-state index in [0.29, 0.717) is 5.75 Å². The largest absolute Gasteiger partial charge is 0.508 e. The van der Waals surface area contributed by atoms with Crippen LogP contribution in [0.25, 0.3) is 0 Å². The lowest BCUT2D eigenvalue weighted by atomic mass is 9.91. The van der Waals surface area contributed by atoms with Gasteiger partial charge in [-0.2, -0.15) is 0 Å². The van der Waals surface area contributed by atoms with Gasteiger partial charge in [0.05, 0.1) is 12.7 Å². The van der Waals surface area contributed by atoms with E-state index >= 15 is 0 Å². The van der Waals surface area contributed by atoms with Gasteiger partial charge in [-0.1, -0.05) is 13.3 Å². The molecule has 0 radical (unpaired) electrons. The number of ether oxygens (including phenoxy) is 1. The summed E-state index contributed by atoms with van der Waals surface area (Å²) in [6, 6.07) is 3.96. The van der Waals surface area contributed by atoms with Crippen LogP contribution in [0.4, 0.5) is 4.39 Å². The lowest BCUT2D eigenvalue weighted by Gasteiger charge is -2.22. The second-order valence-electron chi connectivity index (χ2n) is 5.43. The first kappa shape index (κ1) is 14.9. The molecule has 2 rings (SSSR count). The number of phenols is 2. The first-order valence-corrected chi connectivity index (χ1v) is 6.99. The Bertz CT molecular complexity index is 431. The molecule has 4 atom stereocenters. The average molecular weight is 284 g/mol. The van der Waals surface area contributed by atoms with E-state index in [4.69, 9.17) is 4.74 Å². The molecule has 0 aromatic heterocycles. The summed E-state index contributed by atoms with van der Waals surface area (Å²) in [5, 5.41) is 28.7. The van der Waals surface area contributed by atoms with Gasteiger partial charge in [-0.15, -0.1) is 0 Å². The SMILES string of the molecule is CCC[C@@H]1[C@@H](COc2cc(O)cc(O)c2)[C@H](O)C[C@H]1F. The molecular formula is C15H21FO4. The molecule has 0 heterocycles. The van der Waals surface area contributed by atoms with Crippen molar-refractivity contribution in [1.29, 1.82) is 0 Å². The average Bonchev–Trinajstić information content (AvgIpc) is 2.61. The van der Waals surface area contributed by atoms with Crippen molar-refractivity contribution in [1.82, 2.24) is 0 Å². The van der Waals surface area contributed by atoms with E-state index in [1.807, 2.05) is 6.92 Å². The normalized spacial score (nSPS) is 29.6. The third-order valence-electron chi connectivity index (χ3n) is 3.92. The van der Waals surface area contributed by atoms with Gasteiger partial charge in [-0.3, -0.25) is 0 Å². The van der Waals surface area contributed by atoms with E-state index in [0.717, 1.165) is 12.8 Å². The standard InChI is InChI=1S/C15H21FO4/c1-2-3-12-13(15(19)7-14(12)16)8-20-11-5-9(17)4-10(18)6-11/h4-6,12-15,17-19H,2-3,7-8H2,1H3/t12-,13-,14-,15-/m1/s1. The van der Waals surface area contributed by atoms with Crippen molar-refractivity contribution in [2.75, 3.05) is 6.61 Å². The van der Waals surface area contributed by atoms with Gasteiger partial charge in [-0.25, -0.2) is 4.39 Å².